The highest BCUT2D eigenvalue weighted by Crippen LogP contribution is 2.25. The van der Waals surface area contributed by atoms with Gasteiger partial charge in [-0.25, -0.2) is 12.8 Å². The van der Waals surface area contributed by atoms with Gasteiger partial charge in [-0.15, -0.1) is 0 Å². The molecule has 1 fully saturated rings. The number of hydrogen-bond acceptors (Lipinski definition) is 3. The zero-order valence-electron chi connectivity index (χ0n) is 11.2. The third-order valence-corrected chi connectivity index (χ3v) is 5.56. The van der Waals surface area contributed by atoms with E-state index in [0.717, 1.165) is 12.8 Å². The summed E-state index contributed by atoms with van der Waals surface area (Å²) in [4.78, 5) is 0. The molecule has 0 aromatic heterocycles. The predicted octanol–water partition coefficient (Wildman–Crippen LogP) is 2.42. The molecular formula is C13H17ClFNO3S. The third-order valence-electron chi connectivity index (χ3n) is 3.37. The van der Waals surface area contributed by atoms with Crippen molar-refractivity contribution in [3.05, 3.63) is 34.6 Å². The SMILES string of the molecule is COC[C@H]1CCCN1S(=O)(=O)Cc1ccc(F)c(Cl)c1. The summed E-state index contributed by atoms with van der Waals surface area (Å²) in [5.41, 5.74) is 0.486. The van der Waals surface area contributed by atoms with Crippen molar-refractivity contribution >= 4 is 21.6 Å². The van der Waals surface area contributed by atoms with Crippen LogP contribution in [0, 0.1) is 5.82 Å². The van der Waals surface area contributed by atoms with Crippen LogP contribution in [0.2, 0.25) is 5.02 Å². The molecule has 2 rings (SSSR count). The lowest BCUT2D eigenvalue weighted by Gasteiger charge is -2.23. The molecule has 0 N–H and O–H groups in total. The van der Waals surface area contributed by atoms with Crippen LogP contribution >= 0.6 is 11.6 Å². The Balaban J connectivity index is 2.16. The molecule has 1 atom stereocenters. The van der Waals surface area contributed by atoms with Crippen LogP contribution in [0.1, 0.15) is 18.4 Å². The summed E-state index contributed by atoms with van der Waals surface area (Å²) >= 11 is 5.68. The second-order valence-electron chi connectivity index (χ2n) is 4.87. The van der Waals surface area contributed by atoms with Gasteiger partial charge in [-0.05, 0) is 30.5 Å². The molecule has 0 aliphatic carbocycles. The quantitative estimate of drug-likeness (QED) is 0.836. The highest BCUT2D eigenvalue weighted by molar-refractivity contribution is 7.88. The van der Waals surface area contributed by atoms with Crippen molar-refractivity contribution in [3.63, 3.8) is 0 Å². The maximum absolute atomic E-state index is 13.1. The zero-order valence-corrected chi connectivity index (χ0v) is 12.8. The van der Waals surface area contributed by atoms with Crippen LogP contribution in [-0.4, -0.2) is 39.0 Å². The Labute approximate surface area is 123 Å². The van der Waals surface area contributed by atoms with E-state index in [9.17, 15) is 12.8 Å². The van der Waals surface area contributed by atoms with Gasteiger partial charge in [0, 0.05) is 19.7 Å². The second-order valence-corrected chi connectivity index (χ2v) is 7.20. The van der Waals surface area contributed by atoms with Gasteiger partial charge in [-0.2, -0.15) is 4.31 Å². The maximum atomic E-state index is 13.1. The van der Waals surface area contributed by atoms with E-state index < -0.39 is 15.8 Å². The second kappa shape index (κ2) is 6.39. The molecule has 20 heavy (non-hydrogen) atoms. The number of rotatable bonds is 5. The fourth-order valence-corrected chi connectivity index (χ4v) is 4.45. The number of halogens is 2. The lowest BCUT2D eigenvalue weighted by molar-refractivity contribution is 0.149. The van der Waals surface area contributed by atoms with Crippen molar-refractivity contribution in [2.75, 3.05) is 20.3 Å². The minimum absolute atomic E-state index is 0.0624. The standard InChI is InChI=1S/C13H17ClFNO3S/c1-19-8-11-3-2-6-16(11)20(17,18)9-10-4-5-13(15)12(14)7-10/h4-5,7,11H,2-3,6,8-9H2,1H3/t11-/m1/s1. The smallest absolute Gasteiger partial charge is 0.218 e. The first-order chi connectivity index (χ1) is 9.44. The average molecular weight is 322 g/mol. The summed E-state index contributed by atoms with van der Waals surface area (Å²) in [7, 11) is -1.88. The number of methoxy groups -OCH3 is 1. The van der Waals surface area contributed by atoms with Gasteiger partial charge < -0.3 is 4.74 Å². The van der Waals surface area contributed by atoms with E-state index in [0.29, 0.717) is 18.7 Å². The first kappa shape index (κ1) is 15.7. The molecule has 1 heterocycles. The van der Waals surface area contributed by atoms with Gasteiger partial charge in [0.2, 0.25) is 10.0 Å². The molecule has 1 aromatic rings. The molecule has 7 heteroatoms. The summed E-state index contributed by atoms with van der Waals surface area (Å²) < 4.78 is 44.5. The average Bonchev–Trinajstić information content (AvgIpc) is 2.83. The highest BCUT2D eigenvalue weighted by Gasteiger charge is 2.34. The predicted molar refractivity (Wildman–Crippen MR) is 75.6 cm³/mol. The van der Waals surface area contributed by atoms with Crippen LogP contribution in [0.4, 0.5) is 4.39 Å². The monoisotopic (exact) mass is 321 g/mol. The molecule has 0 amide bonds. The zero-order chi connectivity index (χ0) is 14.8. The van der Waals surface area contributed by atoms with Crippen LogP contribution < -0.4 is 0 Å². The molecule has 1 aliphatic rings. The normalized spacial score (nSPS) is 20.4. The molecular weight excluding hydrogens is 305 g/mol. The third kappa shape index (κ3) is 3.49. The lowest BCUT2D eigenvalue weighted by atomic mass is 10.2. The van der Waals surface area contributed by atoms with E-state index in [1.807, 2.05) is 0 Å². The summed E-state index contributed by atoms with van der Waals surface area (Å²) in [6.45, 7) is 0.898. The summed E-state index contributed by atoms with van der Waals surface area (Å²) in [6, 6.07) is 3.88. The molecule has 112 valence electrons. The van der Waals surface area contributed by atoms with Gasteiger partial charge >= 0.3 is 0 Å². The number of ether oxygens (including phenoxy) is 1. The van der Waals surface area contributed by atoms with E-state index in [1.165, 1.54) is 22.5 Å². The lowest BCUT2D eigenvalue weighted by Crippen LogP contribution is -2.38. The number of benzene rings is 1. The fourth-order valence-electron chi connectivity index (χ4n) is 2.46. The Hall–Kier alpha value is -0.690. The van der Waals surface area contributed by atoms with Gasteiger partial charge in [0.15, 0.2) is 0 Å². The van der Waals surface area contributed by atoms with Crippen molar-refractivity contribution in [2.24, 2.45) is 0 Å². The van der Waals surface area contributed by atoms with Gasteiger partial charge in [0.25, 0.3) is 0 Å². The number of nitrogens with zero attached hydrogens (tertiary/aromatic N) is 1. The highest BCUT2D eigenvalue weighted by atomic mass is 35.5. The van der Waals surface area contributed by atoms with Crippen LogP contribution in [-0.2, 0) is 20.5 Å². The summed E-state index contributed by atoms with van der Waals surface area (Å²) in [5.74, 6) is -0.723. The van der Waals surface area contributed by atoms with E-state index in [-0.39, 0.29) is 16.8 Å². The van der Waals surface area contributed by atoms with Gasteiger partial charge in [-0.3, -0.25) is 0 Å². The van der Waals surface area contributed by atoms with E-state index in [2.05, 4.69) is 0 Å². The summed E-state index contributed by atoms with van der Waals surface area (Å²) in [5, 5.41) is -0.0624. The number of hydrogen-bond donors (Lipinski definition) is 0. The van der Waals surface area contributed by atoms with Gasteiger partial charge in [0.1, 0.15) is 5.82 Å². The Bertz CT molecular complexity index is 579. The van der Waals surface area contributed by atoms with Crippen LogP contribution in [0.3, 0.4) is 0 Å². The van der Waals surface area contributed by atoms with Crippen molar-refractivity contribution in [1.29, 1.82) is 0 Å². The molecule has 0 bridgehead atoms. The van der Waals surface area contributed by atoms with Gasteiger partial charge in [0.05, 0.1) is 17.4 Å². The minimum atomic E-state index is -3.44. The Morgan fingerprint density at radius 3 is 2.90 bits per heavy atom. The molecule has 1 saturated heterocycles. The Morgan fingerprint density at radius 1 is 1.50 bits per heavy atom. The van der Waals surface area contributed by atoms with Crippen molar-refractivity contribution in [2.45, 2.75) is 24.6 Å². The Morgan fingerprint density at radius 2 is 2.25 bits per heavy atom. The van der Waals surface area contributed by atoms with Crippen molar-refractivity contribution in [3.8, 4) is 0 Å². The summed E-state index contributed by atoms with van der Waals surface area (Å²) in [6.07, 6.45) is 1.63. The number of sulfonamides is 1. The van der Waals surface area contributed by atoms with Crippen molar-refractivity contribution < 1.29 is 17.5 Å². The fraction of sp³-hybridized carbons (Fsp3) is 0.538. The molecule has 0 saturated carbocycles. The molecule has 1 aliphatic heterocycles. The molecule has 0 unspecified atom stereocenters. The van der Waals surface area contributed by atoms with Gasteiger partial charge in [-0.1, -0.05) is 17.7 Å². The largest absolute Gasteiger partial charge is 0.383 e. The molecule has 0 spiro atoms. The first-order valence-corrected chi connectivity index (χ1v) is 8.35. The molecule has 1 aromatic carbocycles. The molecule has 4 nitrogen and oxygen atoms in total. The van der Waals surface area contributed by atoms with E-state index in [1.54, 1.807) is 7.11 Å². The maximum Gasteiger partial charge on any atom is 0.218 e. The van der Waals surface area contributed by atoms with E-state index in [4.69, 9.17) is 16.3 Å². The Kier molecular flexibility index (Phi) is 5.01. The van der Waals surface area contributed by atoms with E-state index >= 15 is 0 Å². The van der Waals surface area contributed by atoms with Crippen LogP contribution in [0.15, 0.2) is 18.2 Å². The van der Waals surface area contributed by atoms with Crippen molar-refractivity contribution in [1.82, 2.24) is 4.31 Å². The minimum Gasteiger partial charge on any atom is -0.383 e. The van der Waals surface area contributed by atoms with Crippen LogP contribution in [0.25, 0.3) is 0 Å². The molecule has 0 radical (unpaired) electrons. The first-order valence-electron chi connectivity index (χ1n) is 6.36. The van der Waals surface area contributed by atoms with Crippen LogP contribution in [0.5, 0.6) is 0 Å². The topological polar surface area (TPSA) is 46.6 Å².